The monoisotopic (exact) mass is 384 g/mol. The van der Waals surface area contributed by atoms with E-state index < -0.39 is 26.8 Å². The van der Waals surface area contributed by atoms with Crippen LogP contribution in [0.25, 0.3) is 23.5 Å². The predicted molar refractivity (Wildman–Crippen MR) is 98.8 cm³/mol. The van der Waals surface area contributed by atoms with Crippen LogP contribution >= 0.6 is 0 Å². The van der Waals surface area contributed by atoms with Crippen LogP contribution in [0.1, 0.15) is 17.0 Å². The zero-order valence-electron chi connectivity index (χ0n) is 14.3. The average molecular weight is 384 g/mol. The normalized spacial score (nSPS) is 11.0. The number of hydrogen-bond donors (Lipinski definition) is 2. The van der Waals surface area contributed by atoms with E-state index >= 15 is 0 Å². The highest BCUT2D eigenvalue weighted by Gasteiger charge is 2.20. The van der Waals surface area contributed by atoms with Crippen molar-refractivity contribution in [2.24, 2.45) is 0 Å². The summed E-state index contributed by atoms with van der Waals surface area (Å²) in [7, 11) is 0. The quantitative estimate of drug-likeness (QED) is 0.504. The summed E-state index contributed by atoms with van der Waals surface area (Å²) in [6, 6.07) is 7.67. The Labute approximate surface area is 155 Å². The van der Waals surface area contributed by atoms with Crippen molar-refractivity contribution in [2.45, 2.75) is 6.92 Å². The fourth-order valence-electron chi connectivity index (χ4n) is 2.55. The van der Waals surface area contributed by atoms with Crippen LogP contribution in [0, 0.1) is 27.2 Å². The summed E-state index contributed by atoms with van der Waals surface area (Å²) in [4.78, 5) is 47.7. The number of hydrogen-bond acceptors (Lipinski definition) is 7. The van der Waals surface area contributed by atoms with Crippen LogP contribution in [-0.4, -0.2) is 19.8 Å². The molecule has 0 radical (unpaired) electrons. The molecule has 0 saturated heterocycles. The van der Waals surface area contributed by atoms with Crippen LogP contribution in [0.4, 0.5) is 11.4 Å². The van der Waals surface area contributed by atoms with Gasteiger partial charge in [-0.1, -0.05) is 6.07 Å². The molecule has 2 N–H and O–H groups in total. The summed E-state index contributed by atoms with van der Waals surface area (Å²) in [5.41, 5.74) is -2.30. The van der Waals surface area contributed by atoms with Gasteiger partial charge < -0.3 is 9.40 Å². The Bertz CT molecular complexity index is 1230. The van der Waals surface area contributed by atoms with Crippen molar-refractivity contribution in [2.75, 3.05) is 0 Å². The van der Waals surface area contributed by atoms with Crippen LogP contribution in [0.3, 0.4) is 0 Å². The van der Waals surface area contributed by atoms with E-state index in [-0.39, 0.29) is 28.5 Å². The van der Waals surface area contributed by atoms with Gasteiger partial charge in [-0.15, -0.1) is 0 Å². The number of benzene rings is 1. The molecule has 0 atom stereocenters. The van der Waals surface area contributed by atoms with Crippen LogP contribution in [-0.2, 0) is 0 Å². The van der Waals surface area contributed by atoms with Crippen molar-refractivity contribution in [1.82, 2.24) is 9.97 Å². The van der Waals surface area contributed by atoms with Crippen molar-refractivity contribution in [3.63, 3.8) is 0 Å². The summed E-state index contributed by atoms with van der Waals surface area (Å²) in [6.07, 6.45) is 2.43. The smallest absolute Gasteiger partial charge is 0.357 e. The van der Waals surface area contributed by atoms with Gasteiger partial charge in [0.25, 0.3) is 5.69 Å². The highest BCUT2D eigenvalue weighted by molar-refractivity contribution is 5.73. The van der Waals surface area contributed by atoms with Gasteiger partial charge in [-0.2, -0.15) is 0 Å². The molecule has 11 nitrogen and oxygen atoms in total. The SMILES string of the molecule is Cc1ccc(-c2ccc(/C=C\c3[nH]c(=O)[nH]c(=O)c3[N+](=O)[O-])o2)c([N+](=O)[O-])c1. The van der Waals surface area contributed by atoms with Crippen LogP contribution in [0.2, 0.25) is 0 Å². The highest BCUT2D eigenvalue weighted by Crippen LogP contribution is 2.32. The number of nitro benzene ring substituents is 1. The zero-order valence-corrected chi connectivity index (χ0v) is 14.3. The highest BCUT2D eigenvalue weighted by atomic mass is 16.6. The second-order valence-corrected chi connectivity index (χ2v) is 5.74. The molecule has 2 heterocycles. The molecular weight excluding hydrogens is 372 g/mol. The average Bonchev–Trinajstić information content (AvgIpc) is 3.07. The molecule has 0 aliphatic rings. The first-order valence-corrected chi connectivity index (χ1v) is 7.80. The number of H-pyrrole nitrogens is 2. The lowest BCUT2D eigenvalue weighted by Gasteiger charge is -2.01. The van der Waals surface area contributed by atoms with Gasteiger partial charge in [0.05, 0.1) is 15.4 Å². The molecule has 142 valence electrons. The molecule has 11 heteroatoms. The molecule has 0 aliphatic heterocycles. The van der Waals surface area contributed by atoms with Gasteiger partial charge in [0, 0.05) is 6.07 Å². The minimum absolute atomic E-state index is 0.126. The maximum absolute atomic E-state index is 11.6. The molecule has 0 amide bonds. The Morgan fingerprint density at radius 3 is 2.43 bits per heavy atom. The van der Waals surface area contributed by atoms with E-state index in [1.807, 2.05) is 0 Å². The number of nitrogens with one attached hydrogen (secondary N) is 2. The van der Waals surface area contributed by atoms with Crippen molar-refractivity contribution >= 4 is 23.5 Å². The zero-order chi connectivity index (χ0) is 20.4. The third kappa shape index (κ3) is 3.62. The number of rotatable bonds is 5. The molecule has 3 aromatic rings. The first-order chi connectivity index (χ1) is 13.3. The molecule has 28 heavy (non-hydrogen) atoms. The Morgan fingerprint density at radius 2 is 1.75 bits per heavy atom. The van der Waals surface area contributed by atoms with Gasteiger partial charge in [0.1, 0.15) is 17.2 Å². The Hall–Kier alpha value is -4.28. The third-order valence-corrected chi connectivity index (χ3v) is 3.78. The molecule has 1 aromatic carbocycles. The first-order valence-electron chi connectivity index (χ1n) is 7.80. The van der Waals surface area contributed by atoms with Crippen LogP contribution < -0.4 is 11.2 Å². The van der Waals surface area contributed by atoms with Gasteiger partial charge >= 0.3 is 16.9 Å². The number of aryl methyl sites for hydroxylation is 1. The largest absolute Gasteiger partial charge is 0.456 e. The summed E-state index contributed by atoms with van der Waals surface area (Å²) in [5, 5.41) is 22.3. The van der Waals surface area contributed by atoms with Crippen molar-refractivity contribution in [1.29, 1.82) is 0 Å². The molecule has 3 rings (SSSR count). The van der Waals surface area contributed by atoms with Gasteiger partial charge in [-0.3, -0.25) is 30.0 Å². The second kappa shape index (κ2) is 7.15. The topological polar surface area (TPSA) is 165 Å². The lowest BCUT2D eigenvalue weighted by molar-refractivity contribution is -0.386. The molecule has 0 aliphatic carbocycles. The summed E-state index contributed by atoms with van der Waals surface area (Å²) < 4.78 is 5.54. The lowest BCUT2D eigenvalue weighted by atomic mass is 10.1. The van der Waals surface area contributed by atoms with Gasteiger partial charge in [-0.05, 0) is 42.8 Å². The van der Waals surface area contributed by atoms with E-state index in [1.54, 1.807) is 24.0 Å². The van der Waals surface area contributed by atoms with E-state index in [2.05, 4.69) is 4.98 Å². The standard InChI is InChI=1S/C17H12N4O7/c1-9-2-5-11(13(8-9)20(24)25)14-7-4-10(28-14)3-6-12-15(21(26)27)16(22)19-17(23)18-12/h2-8H,1H3,(H2,18,19,22,23)/b6-3-. The van der Waals surface area contributed by atoms with Crippen molar-refractivity contribution < 1.29 is 14.3 Å². The van der Waals surface area contributed by atoms with E-state index in [9.17, 15) is 29.8 Å². The Kier molecular flexibility index (Phi) is 4.73. The predicted octanol–water partition coefficient (Wildman–Crippen LogP) is 2.62. The maximum Gasteiger partial charge on any atom is 0.357 e. The number of aromatic amines is 2. The summed E-state index contributed by atoms with van der Waals surface area (Å²) >= 11 is 0. The summed E-state index contributed by atoms with van der Waals surface area (Å²) in [5.74, 6) is 0.431. The summed E-state index contributed by atoms with van der Waals surface area (Å²) in [6.45, 7) is 1.72. The molecule has 0 fully saturated rings. The number of furan rings is 1. The van der Waals surface area contributed by atoms with Crippen LogP contribution in [0.15, 0.2) is 44.3 Å². The molecule has 0 saturated carbocycles. The molecule has 0 bridgehead atoms. The fourth-order valence-corrected chi connectivity index (χ4v) is 2.55. The van der Waals surface area contributed by atoms with Gasteiger partial charge in [0.15, 0.2) is 0 Å². The first kappa shape index (κ1) is 18.5. The third-order valence-electron chi connectivity index (χ3n) is 3.78. The molecule has 0 unspecified atom stereocenters. The second-order valence-electron chi connectivity index (χ2n) is 5.74. The Balaban J connectivity index is 2.00. The lowest BCUT2D eigenvalue weighted by Crippen LogP contribution is -2.25. The molecule has 2 aromatic heterocycles. The van der Waals surface area contributed by atoms with E-state index in [0.29, 0.717) is 5.56 Å². The van der Waals surface area contributed by atoms with Gasteiger partial charge in [0.2, 0.25) is 0 Å². The van der Waals surface area contributed by atoms with E-state index in [4.69, 9.17) is 4.42 Å². The van der Waals surface area contributed by atoms with E-state index in [0.717, 1.165) is 6.08 Å². The fraction of sp³-hybridized carbons (Fsp3) is 0.0588. The van der Waals surface area contributed by atoms with Crippen molar-refractivity contribution in [3.05, 3.63) is 88.4 Å². The maximum atomic E-state index is 11.6. The number of aromatic nitrogens is 2. The van der Waals surface area contributed by atoms with Crippen LogP contribution in [0.5, 0.6) is 0 Å². The van der Waals surface area contributed by atoms with Gasteiger partial charge in [-0.25, -0.2) is 4.79 Å². The number of nitrogens with zero attached hydrogens (tertiary/aromatic N) is 2. The van der Waals surface area contributed by atoms with Crippen molar-refractivity contribution in [3.8, 4) is 11.3 Å². The Morgan fingerprint density at radius 1 is 1.00 bits per heavy atom. The minimum Gasteiger partial charge on any atom is -0.456 e. The molecule has 0 spiro atoms. The number of nitro groups is 2. The van der Waals surface area contributed by atoms with E-state index in [1.165, 1.54) is 24.3 Å². The minimum atomic E-state index is -1.14. The molecular formula is C17H12N4O7.